The molecular weight excluding hydrogens is 628 g/mol. The van der Waals surface area contributed by atoms with Gasteiger partial charge in [-0.05, 0) is 92.9 Å². The van der Waals surface area contributed by atoms with Gasteiger partial charge in [0.2, 0.25) is 5.25 Å². The molecule has 1 N–H and O–H groups in total. The van der Waals surface area contributed by atoms with Crippen LogP contribution in [0.15, 0.2) is 10.7 Å². The number of thioether (sulfide) groups is 1. The highest BCUT2D eigenvalue weighted by atomic mass is 32.2. The van der Waals surface area contributed by atoms with Crippen LogP contribution in [0.5, 0.6) is 0 Å². The Morgan fingerprint density at radius 1 is 0.872 bits per heavy atom. The number of rotatable bonds is 10. The second-order valence-electron chi connectivity index (χ2n) is 14.7. The number of hydrogen-bond donors (Lipinski definition) is 1. The lowest BCUT2D eigenvalue weighted by Gasteiger charge is -2.26. The zero-order chi connectivity index (χ0) is 36.1. The van der Waals surface area contributed by atoms with Crippen LogP contribution in [0.25, 0.3) is 6.08 Å². The maximum Gasteiger partial charge on any atom is 0.355 e. The summed E-state index contributed by atoms with van der Waals surface area (Å²) in [7, 11) is 2.58. The van der Waals surface area contributed by atoms with Crippen LogP contribution >= 0.6 is 11.8 Å². The van der Waals surface area contributed by atoms with E-state index in [0.717, 1.165) is 11.8 Å². The van der Waals surface area contributed by atoms with E-state index in [0.29, 0.717) is 27.6 Å². The summed E-state index contributed by atoms with van der Waals surface area (Å²) in [6, 6.07) is 0. The number of carbonyl (C=O) groups is 5. The van der Waals surface area contributed by atoms with Crippen molar-refractivity contribution < 1.29 is 47.7 Å². The summed E-state index contributed by atoms with van der Waals surface area (Å²) in [6.07, 6.45) is 2.12. The Balaban J connectivity index is 2.68. The molecule has 12 nitrogen and oxygen atoms in total. The third-order valence-corrected chi connectivity index (χ3v) is 7.90. The fourth-order valence-corrected chi connectivity index (χ4v) is 5.78. The van der Waals surface area contributed by atoms with Crippen LogP contribution in [-0.4, -0.2) is 76.1 Å². The zero-order valence-corrected chi connectivity index (χ0v) is 30.7. The van der Waals surface area contributed by atoms with Gasteiger partial charge in [-0.25, -0.2) is 4.79 Å². The first-order valence-electron chi connectivity index (χ1n) is 15.4. The number of aliphatic imine (C=N–C) groups is 1. The number of aromatic amines is 1. The molecule has 2 heterocycles. The standard InChI is InChI=1S/C34H50N2O10S/c1-19-20(14-15-24(37)42-12)26(28(39)44-31(2,3)4)35-21(19)16-22-34(11,18-25(38)43-13)17-23(36-22)47-27(29(40)45-32(5,6)7)30(41)46-33(8,9)10/h16,27,35H,14-15,17-18H2,1-13H3/b22-16-/t34-/m1/s1. The van der Waals surface area contributed by atoms with Gasteiger partial charge in [0.15, 0.2) is 0 Å². The molecule has 0 amide bonds. The molecule has 0 radical (unpaired) electrons. The van der Waals surface area contributed by atoms with Crippen molar-refractivity contribution >= 4 is 52.7 Å². The van der Waals surface area contributed by atoms with Crippen molar-refractivity contribution in [2.75, 3.05) is 14.2 Å². The molecule has 13 heteroatoms. The second-order valence-corrected chi connectivity index (χ2v) is 15.9. The molecule has 262 valence electrons. The van der Waals surface area contributed by atoms with Crippen molar-refractivity contribution in [1.29, 1.82) is 0 Å². The zero-order valence-electron chi connectivity index (χ0n) is 29.9. The van der Waals surface area contributed by atoms with Gasteiger partial charge in [-0.3, -0.25) is 24.2 Å². The number of ether oxygens (including phenoxy) is 5. The third-order valence-electron chi connectivity index (χ3n) is 6.77. The predicted molar refractivity (Wildman–Crippen MR) is 179 cm³/mol. The van der Waals surface area contributed by atoms with E-state index < -0.39 is 57.3 Å². The topological polar surface area (TPSA) is 160 Å². The fourth-order valence-electron chi connectivity index (χ4n) is 4.67. The molecule has 0 bridgehead atoms. The number of aromatic nitrogens is 1. The van der Waals surface area contributed by atoms with E-state index in [1.54, 1.807) is 75.3 Å². The molecule has 0 unspecified atom stereocenters. The maximum atomic E-state index is 13.2. The highest BCUT2D eigenvalue weighted by molar-refractivity contribution is 8.15. The molecule has 2 rings (SSSR count). The molecule has 0 saturated carbocycles. The number of hydrogen-bond acceptors (Lipinski definition) is 12. The van der Waals surface area contributed by atoms with Crippen LogP contribution < -0.4 is 0 Å². The number of methoxy groups -OCH3 is 2. The van der Waals surface area contributed by atoms with E-state index >= 15 is 0 Å². The molecule has 1 aromatic heterocycles. The number of nitrogens with zero attached hydrogens (tertiary/aromatic N) is 1. The van der Waals surface area contributed by atoms with E-state index in [4.69, 9.17) is 28.7 Å². The number of allylic oxidation sites excluding steroid dienone is 1. The summed E-state index contributed by atoms with van der Waals surface area (Å²) in [5, 5.41) is -0.961. The van der Waals surface area contributed by atoms with E-state index in [-0.39, 0.29) is 31.4 Å². The lowest BCUT2D eigenvalue weighted by Crippen LogP contribution is -2.39. The Kier molecular flexibility index (Phi) is 12.7. The smallest absolute Gasteiger partial charge is 0.355 e. The fraction of sp³-hybridized carbons (Fsp3) is 0.647. The summed E-state index contributed by atoms with van der Waals surface area (Å²) >= 11 is 0.911. The van der Waals surface area contributed by atoms with Crippen molar-refractivity contribution in [3.8, 4) is 0 Å². The Labute approximate surface area is 281 Å². The van der Waals surface area contributed by atoms with Gasteiger partial charge in [0.1, 0.15) is 22.5 Å². The van der Waals surface area contributed by atoms with E-state index in [1.807, 2.05) is 6.92 Å². The quantitative estimate of drug-likeness (QED) is 0.179. The van der Waals surface area contributed by atoms with E-state index in [2.05, 4.69) is 4.98 Å². The van der Waals surface area contributed by atoms with E-state index in [9.17, 15) is 24.0 Å². The predicted octanol–water partition coefficient (Wildman–Crippen LogP) is 5.88. The van der Waals surface area contributed by atoms with Crippen molar-refractivity contribution in [3.05, 3.63) is 28.2 Å². The van der Waals surface area contributed by atoms with Crippen molar-refractivity contribution in [1.82, 2.24) is 4.98 Å². The molecule has 1 atom stereocenters. The monoisotopic (exact) mass is 678 g/mol. The SMILES string of the molecule is COC(=O)CCc1c(C(=O)OC(C)(C)C)[nH]c(/C=C2\N=C(SC(C(=O)OC(C)(C)C)C(=O)OC(C)(C)C)C[C@]2(C)CC(=O)OC)c1C. The molecule has 0 aromatic carbocycles. The van der Waals surface area contributed by atoms with Gasteiger partial charge in [0.25, 0.3) is 0 Å². The first-order chi connectivity index (χ1) is 21.4. The number of nitrogens with one attached hydrogen (secondary N) is 1. The molecule has 1 aromatic rings. The average molecular weight is 679 g/mol. The molecule has 0 spiro atoms. The minimum absolute atomic E-state index is 0.0384. The Hall–Kier alpha value is -3.61. The normalized spacial score (nSPS) is 17.7. The van der Waals surface area contributed by atoms with Gasteiger partial charge in [-0.15, -0.1) is 0 Å². The molecule has 0 saturated heterocycles. The average Bonchev–Trinajstić information content (AvgIpc) is 3.37. The molecule has 47 heavy (non-hydrogen) atoms. The van der Waals surface area contributed by atoms with Crippen molar-refractivity contribution in [2.24, 2.45) is 10.4 Å². The van der Waals surface area contributed by atoms with Crippen LogP contribution in [0, 0.1) is 12.3 Å². The van der Waals surface area contributed by atoms with Crippen LogP contribution in [0.4, 0.5) is 0 Å². The lowest BCUT2D eigenvalue weighted by atomic mass is 9.82. The highest BCUT2D eigenvalue weighted by Crippen LogP contribution is 2.46. The molecular formula is C34H50N2O10S. The van der Waals surface area contributed by atoms with Crippen molar-refractivity contribution in [2.45, 2.75) is 124 Å². The van der Waals surface area contributed by atoms with Gasteiger partial charge in [-0.2, -0.15) is 0 Å². The van der Waals surface area contributed by atoms with Gasteiger partial charge in [0.05, 0.1) is 31.4 Å². The third kappa shape index (κ3) is 11.9. The number of H-pyrrole nitrogens is 1. The second kappa shape index (κ2) is 15.1. The first kappa shape index (κ1) is 39.6. The van der Waals surface area contributed by atoms with Crippen molar-refractivity contribution in [3.63, 3.8) is 0 Å². The van der Waals surface area contributed by atoms with Crippen LogP contribution in [0.1, 0.15) is 116 Å². The first-order valence-corrected chi connectivity index (χ1v) is 16.3. The lowest BCUT2D eigenvalue weighted by molar-refractivity contribution is -0.165. The Bertz CT molecular complexity index is 1410. The van der Waals surface area contributed by atoms with Crippen LogP contribution in [-0.2, 0) is 49.3 Å². The molecule has 1 aliphatic heterocycles. The van der Waals surface area contributed by atoms with Gasteiger partial charge in [-0.1, -0.05) is 18.7 Å². The molecule has 0 fully saturated rings. The summed E-state index contributed by atoms with van der Waals surface area (Å²) in [5.74, 6) is -3.05. The Morgan fingerprint density at radius 2 is 1.38 bits per heavy atom. The largest absolute Gasteiger partial charge is 0.469 e. The van der Waals surface area contributed by atoms with E-state index in [1.165, 1.54) is 14.2 Å². The van der Waals surface area contributed by atoms with Crippen LogP contribution in [0.3, 0.4) is 0 Å². The maximum absolute atomic E-state index is 13.2. The molecule has 1 aliphatic rings. The minimum atomic E-state index is -1.37. The van der Waals surface area contributed by atoms with Crippen LogP contribution in [0.2, 0.25) is 0 Å². The Morgan fingerprint density at radius 3 is 1.85 bits per heavy atom. The summed E-state index contributed by atoms with van der Waals surface area (Å²) in [6.45, 7) is 19.1. The molecule has 0 aliphatic carbocycles. The minimum Gasteiger partial charge on any atom is -0.469 e. The van der Waals surface area contributed by atoms with Gasteiger partial charge >= 0.3 is 29.8 Å². The summed E-state index contributed by atoms with van der Waals surface area (Å²) in [5.41, 5.74) is -0.970. The number of esters is 5. The number of carbonyl (C=O) groups excluding carboxylic acids is 5. The summed E-state index contributed by atoms with van der Waals surface area (Å²) < 4.78 is 26.5. The summed E-state index contributed by atoms with van der Waals surface area (Å²) in [4.78, 5) is 72.2. The van der Waals surface area contributed by atoms with Gasteiger partial charge in [0, 0.05) is 24.0 Å². The van der Waals surface area contributed by atoms with Gasteiger partial charge < -0.3 is 28.7 Å². The highest BCUT2D eigenvalue weighted by Gasteiger charge is 2.43.